The first-order chi connectivity index (χ1) is 30.2. The average molecular weight is 780 g/mol. The van der Waals surface area contributed by atoms with Gasteiger partial charge < -0.3 is 9.13 Å². The van der Waals surface area contributed by atoms with Gasteiger partial charge in [0.05, 0.1) is 33.2 Å². The summed E-state index contributed by atoms with van der Waals surface area (Å²) in [6.07, 6.45) is 15.3. The van der Waals surface area contributed by atoms with Gasteiger partial charge >= 0.3 is 11.9 Å². The molecule has 5 aromatic heterocycles. The minimum absolute atomic E-state index is 0.949. The van der Waals surface area contributed by atoms with Crippen LogP contribution < -0.4 is 4.67 Å². The number of hydrogen-bond donors (Lipinski definition) is 0. The van der Waals surface area contributed by atoms with E-state index in [4.69, 9.17) is 4.67 Å². The van der Waals surface area contributed by atoms with E-state index in [1.165, 1.54) is 21.5 Å². The highest BCUT2D eigenvalue weighted by Gasteiger charge is 2.22. The van der Waals surface area contributed by atoms with Crippen molar-refractivity contribution in [2.45, 2.75) is 0 Å². The molecular formula is C55H35N6+. The SMILES string of the molecule is C1=[N+]=C(c2ccc3c(c2)c2cc(-c4ccc5c(c4)c4cc(-c6cncc(-c7ccncc7)c6)ccc4n5-c4ccccc4)ccc2n3-c2ccccc2)C=C1c1ccncc1. The predicted molar refractivity (Wildman–Crippen MR) is 252 cm³/mol. The number of pyridine rings is 3. The predicted octanol–water partition coefficient (Wildman–Crippen LogP) is 12.1. The Morgan fingerprint density at radius 1 is 0.344 bits per heavy atom. The molecule has 284 valence electrons. The van der Waals surface area contributed by atoms with Gasteiger partial charge in [0, 0.05) is 87.3 Å². The summed E-state index contributed by atoms with van der Waals surface area (Å²) in [6.45, 7) is 0. The summed E-state index contributed by atoms with van der Waals surface area (Å²) in [5.41, 5.74) is 17.7. The second-order valence-corrected chi connectivity index (χ2v) is 15.4. The van der Waals surface area contributed by atoms with Gasteiger partial charge in [-0.25, -0.2) is 0 Å². The maximum atomic E-state index is 4.87. The lowest BCUT2D eigenvalue weighted by atomic mass is 9.98. The topological polar surface area (TPSA) is 62.6 Å². The van der Waals surface area contributed by atoms with Crippen molar-refractivity contribution in [1.29, 1.82) is 0 Å². The van der Waals surface area contributed by atoms with Crippen LogP contribution in [0.1, 0.15) is 11.1 Å². The molecule has 0 unspecified atom stereocenters. The maximum absolute atomic E-state index is 4.87. The molecule has 0 N–H and O–H groups in total. The highest BCUT2D eigenvalue weighted by molar-refractivity contribution is 6.27. The Morgan fingerprint density at radius 3 is 1.28 bits per heavy atom. The third-order valence-corrected chi connectivity index (χ3v) is 11.9. The minimum Gasteiger partial charge on any atom is -0.309 e. The lowest BCUT2D eigenvalue weighted by Crippen LogP contribution is -1.98. The fourth-order valence-corrected chi connectivity index (χ4v) is 8.98. The number of aromatic nitrogens is 5. The van der Waals surface area contributed by atoms with E-state index >= 15 is 0 Å². The van der Waals surface area contributed by atoms with Crippen LogP contribution in [0.2, 0.25) is 0 Å². The van der Waals surface area contributed by atoms with E-state index in [2.05, 4.69) is 170 Å². The van der Waals surface area contributed by atoms with E-state index in [0.29, 0.717) is 0 Å². The highest BCUT2D eigenvalue weighted by atomic mass is 15.0. The second kappa shape index (κ2) is 14.1. The Bertz CT molecular complexity index is 3600. The van der Waals surface area contributed by atoms with Gasteiger partial charge in [-0.2, -0.15) is 0 Å². The van der Waals surface area contributed by atoms with Crippen LogP contribution in [0.4, 0.5) is 0 Å². The molecule has 61 heavy (non-hydrogen) atoms. The first-order valence-corrected chi connectivity index (χ1v) is 20.4. The molecular weight excluding hydrogens is 745 g/mol. The lowest BCUT2D eigenvalue weighted by molar-refractivity contribution is 1.18. The van der Waals surface area contributed by atoms with Crippen LogP contribution in [-0.4, -0.2) is 36.0 Å². The van der Waals surface area contributed by atoms with Crippen molar-refractivity contribution in [1.82, 2.24) is 28.8 Å². The molecule has 6 nitrogen and oxygen atoms in total. The van der Waals surface area contributed by atoms with E-state index in [1.807, 2.05) is 67.7 Å². The molecule has 12 rings (SSSR count). The molecule has 0 radical (unpaired) electrons. The fourth-order valence-electron chi connectivity index (χ4n) is 8.98. The van der Waals surface area contributed by atoms with E-state index in [9.17, 15) is 0 Å². The van der Waals surface area contributed by atoms with Crippen LogP contribution in [0.25, 0.3) is 93.9 Å². The van der Waals surface area contributed by atoms with Crippen LogP contribution in [0, 0.1) is 0 Å². The van der Waals surface area contributed by atoms with Crippen molar-refractivity contribution in [2.24, 2.45) is 0 Å². The molecule has 0 spiro atoms. The van der Waals surface area contributed by atoms with Gasteiger partial charge in [-0.3, -0.25) is 15.0 Å². The van der Waals surface area contributed by atoms with Gasteiger partial charge in [-0.1, -0.05) is 59.3 Å². The summed E-state index contributed by atoms with van der Waals surface area (Å²) in [4.78, 5) is 13.1. The zero-order valence-corrected chi connectivity index (χ0v) is 32.9. The van der Waals surface area contributed by atoms with Crippen molar-refractivity contribution in [3.05, 3.63) is 218 Å². The largest absolute Gasteiger partial charge is 0.335 e. The fraction of sp³-hybridized carbons (Fsp3) is 0. The molecule has 0 fully saturated rings. The molecule has 0 aliphatic carbocycles. The van der Waals surface area contributed by atoms with Gasteiger partial charge in [0.2, 0.25) is 0 Å². The number of para-hydroxylation sites is 2. The first kappa shape index (κ1) is 34.6. The number of allylic oxidation sites excluding steroid dienone is 2. The van der Waals surface area contributed by atoms with Gasteiger partial charge in [-0.05, 0) is 137 Å². The normalized spacial score (nSPS) is 12.5. The third-order valence-electron chi connectivity index (χ3n) is 11.9. The van der Waals surface area contributed by atoms with E-state index < -0.39 is 0 Å². The smallest absolute Gasteiger partial charge is 0.309 e. The second-order valence-electron chi connectivity index (χ2n) is 15.4. The minimum atomic E-state index is 0.949. The molecule has 11 aromatic rings. The first-order valence-electron chi connectivity index (χ1n) is 20.4. The third kappa shape index (κ3) is 5.90. The van der Waals surface area contributed by atoms with Crippen molar-refractivity contribution in [2.75, 3.05) is 0 Å². The van der Waals surface area contributed by atoms with Crippen LogP contribution in [0.5, 0.6) is 0 Å². The van der Waals surface area contributed by atoms with Crippen LogP contribution in [0.3, 0.4) is 0 Å². The molecule has 6 heterocycles. The van der Waals surface area contributed by atoms with Crippen LogP contribution >= 0.6 is 0 Å². The molecule has 0 saturated carbocycles. The zero-order chi connectivity index (χ0) is 40.3. The quantitative estimate of drug-likeness (QED) is 0.151. The molecule has 1 aliphatic rings. The van der Waals surface area contributed by atoms with Crippen LogP contribution in [-0.2, 0) is 0 Å². The number of nitrogens with zero attached hydrogens (tertiary/aromatic N) is 6. The van der Waals surface area contributed by atoms with E-state index in [-0.39, 0.29) is 0 Å². The summed E-state index contributed by atoms with van der Waals surface area (Å²) >= 11 is 0. The zero-order valence-electron chi connectivity index (χ0n) is 32.9. The summed E-state index contributed by atoms with van der Waals surface area (Å²) < 4.78 is 9.61. The Labute approximate surface area is 351 Å². The lowest BCUT2D eigenvalue weighted by Gasteiger charge is -2.09. The van der Waals surface area contributed by atoms with Crippen LogP contribution in [0.15, 0.2) is 207 Å². The van der Waals surface area contributed by atoms with Crippen molar-refractivity contribution >= 4 is 61.1 Å². The Balaban J connectivity index is 1.03. The Kier molecular flexibility index (Phi) is 8.02. The van der Waals surface area contributed by atoms with Gasteiger partial charge in [0.15, 0.2) is 0 Å². The molecule has 0 atom stereocenters. The summed E-state index contributed by atoms with van der Waals surface area (Å²) in [7, 11) is 0. The Hall–Kier alpha value is -8.44. The molecule has 6 heteroatoms. The number of fused-ring (bicyclic) bond motifs is 6. The van der Waals surface area contributed by atoms with Gasteiger partial charge in [0.25, 0.3) is 0 Å². The molecule has 0 amide bonds. The Morgan fingerprint density at radius 2 is 0.770 bits per heavy atom. The highest BCUT2D eigenvalue weighted by Crippen LogP contribution is 2.40. The maximum Gasteiger partial charge on any atom is 0.335 e. The number of benzene rings is 6. The van der Waals surface area contributed by atoms with Crippen molar-refractivity contribution in [3.63, 3.8) is 0 Å². The summed E-state index contributed by atoms with van der Waals surface area (Å²) in [5.74, 6) is 0. The number of hydrogen-bond acceptors (Lipinski definition) is 3. The summed E-state index contributed by atoms with van der Waals surface area (Å²) in [6, 6.07) is 58.9. The van der Waals surface area contributed by atoms with Crippen molar-refractivity contribution in [3.8, 4) is 44.8 Å². The van der Waals surface area contributed by atoms with E-state index in [0.717, 1.165) is 89.2 Å². The molecule has 6 aromatic carbocycles. The van der Waals surface area contributed by atoms with Crippen molar-refractivity contribution < 1.29 is 0 Å². The average Bonchev–Trinajstić information content (AvgIpc) is 4.05. The summed E-state index contributed by atoms with van der Waals surface area (Å²) in [5, 5.41) is 4.75. The standard InChI is InChI=1S/C55H35N6/c1-3-7-45(8-4-1)60-52-15-11-38(28-47(52)49-30-40(13-17-54(49)60)43-27-42(33-58-34-43)36-19-23-56-24-20-36)39-12-16-53-48(29-39)50-31-41(14-18-55(50)61(53)46-9-5-2-6-10-46)51-32-44(35-59-51)37-21-25-57-26-22-37/h1-35H/q+1. The molecule has 0 bridgehead atoms. The van der Waals surface area contributed by atoms with E-state index in [1.54, 1.807) is 0 Å². The van der Waals surface area contributed by atoms with Gasteiger partial charge in [0.1, 0.15) is 0 Å². The molecule has 1 aliphatic heterocycles. The molecule has 0 saturated heterocycles. The number of rotatable bonds is 7. The monoisotopic (exact) mass is 779 g/mol. The van der Waals surface area contributed by atoms with Gasteiger partial charge in [-0.15, -0.1) is 0 Å².